The Morgan fingerprint density at radius 2 is 2.00 bits per heavy atom. The summed E-state index contributed by atoms with van der Waals surface area (Å²) < 4.78 is 18.6. The smallest absolute Gasteiger partial charge is 0.407 e. The molecule has 9 heteroatoms. The monoisotopic (exact) mass is 434 g/mol. The third-order valence-electron chi connectivity index (χ3n) is 6.94. The number of hydrogen-bond donors (Lipinski definition) is 1. The van der Waals surface area contributed by atoms with Crippen LogP contribution < -0.4 is 0 Å². The summed E-state index contributed by atoms with van der Waals surface area (Å²) >= 11 is 0. The first-order valence-electron chi connectivity index (χ1n) is 10.9. The Labute approximate surface area is 183 Å². The van der Waals surface area contributed by atoms with E-state index in [1.807, 2.05) is 43.1 Å². The molecule has 3 aromatic heterocycles. The second-order valence-corrected chi connectivity index (χ2v) is 9.14. The van der Waals surface area contributed by atoms with E-state index in [9.17, 15) is 9.90 Å². The van der Waals surface area contributed by atoms with E-state index in [-0.39, 0.29) is 17.4 Å². The molecule has 164 valence electrons. The molecule has 32 heavy (non-hydrogen) atoms. The Bertz CT molecular complexity index is 1400. The van der Waals surface area contributed by atoms with E-state index < -0.39 is 6.09 Å². The van der Waals surface area contributed by atoms with E-state index in [0.717, 1.165) is 36.2 Å². The Morgan fingerprint density at radius 3 is 2.75 bits per heavy atom. The van der Waals surface area contributed by atoms with Gasteiger partial charge in [-0.05, 0) is 57.7 Å². The number of likely N-dealkylation sites (tertiary alicyclic amines) is 1. The number of aryl methyl sites for hydroxylation is 2. The number of amides is 1. The quantitative estimate of drug-likeness (QED) is 0.507. The highest BCUT2D eigenvalue weighted by Gasteiger charge is 2.54. The van der Waals surface area contributed by atoms with Crippen LogP contribution in [0.25, 0.3) is 27.7 Å². The summed E-state index contributed by atoms with van der Waals surface area (Å²) in [6.07, 6.45) is 6.05. The fourth-order valence-corrected chi connectivity index (χ4v) is 5.19. The summed E-state index contributed by atoms with van der Waals surface area (Å²) in [7, 11) is 0. The van der Waals surface area contributed by atoms with Crippen LogP contribution in [-0.4, -0.2) is 52.6 Å². The molecule has 1 aliphatic carbocycles. The van der Waals surface area contributed by atoms with Crippen molar-refractivity contribution >= 4 is 22.5 Å². The zero-order valence-electron chi connectivity index (χ0n) is 17.9. The van der Waals surface area contributed by atoms with Gasteiger partial charge in [-0.3, -0.25) is 9.67 Å². The summed E-state index contributed by atoms with van der Waals surface area (Å²) in [5.41, 5.74) is 4.07. The van der Waals surface area contributed by atoms with E-state index in [2.05, 4.69) is 15.2 Å². The fourth-order valence-electron chi connectivity index (χ4n) is 5.19. The zero-order chi connectivity index (χ0) is 22.2. The van der Waals surface area contributed by atoms with Gasteiger partial charge >= 0.3 is 6.09 Å². The standard InChI is InChI=1S/C23H23FN6O2/c1-13-11-30-20(14(2)25-13)9-19(26-30)15-7-16-12-29(27-21(16)18(24)8-15)17-3-6-28(22(31)32)23(10-17)4-5-23/h7-9,11-12,17H,3-6,10H2,1-2H3,(H,31,32)/t17-/m0/s1. The minimum atomic E-state index is -0.852. The van der Waals surface area contributed by atoms with Gasteiger partial charge < -0.3 is 10.0 Å². The molecule has 0 radical (unpaired) electrons. The van der Waals surface area contributed by atoms with Crippen molar-refractivity contribution in [1.29, 1.82) is 0 Å². The summed E-state index contributed by atoms with van der Waals surface area (Å²) in [4.78, 5) is 17.6. The molecule has 4 heterocycles. The lowest BCUT2D eigenvalue weighted by Gasteiger charge is -2.38. The minimum absolute atomic E-state index is 0.0650. The van der Waals surface area contributed by atoms with E-state index in [1.165, 1.54) is 6.07 Å². The number of halogens is 1. The molecule has 0 bridgehead atoms. The van der Waals surface area contributed by atoms with Crippen LogP contribution in [0, 0.1) is 19.7 Å². The molecule has 1 aliphatic heterocycles. The molecule has 1 amide bonds. The SMILES string of the molecule is Cc1cn2nc(-c3cc(F)c4nn([C@H]5CCN(C(=O)O)C6(CC6)C5)cc4c3)cc2c(C)n1. The van der Waals surface area contributed by atoms with Crippen LogP contribution in [0.15, 0.2) is 30.6 Å². The second-order valence-electron chi connectivity index (χ2n) is 9.14. The summed E-state index contributed by atoms with van der Waals surface area (Å²) in [5.74, 6) is -0.386. The zero-order valence-corrected chi connectivity index (χ0v) is 17.9. The Hall–Kier alpha value is -3.49. The topological polar surface area (TPSA) is 88.6 Å². The lowest BCUT2D eigenvalue weighted by molar-refractivity contribution is 0.0788. The fraction of sp³-hybridized carbons (Fsp3) is 0.391. The average Bonchev–Trinajstić information content (AvgIpc) is 3.17. The largest absolute Gasteiger partial charge is 0.465 e. The summed E-state index contributed by atoms with van der Waals surface area (Å²) in [6.45, 7) is 4.34. The molecule has 1 N–H and O–H groups in total. The number of fused-ring (bicyclic) bond motifs is 2. The van der Waals surface area contributed by atoms with Crippen LogP contribution in [0.2, 0.25) is 0 Å². The first-order valence-corrected chi connectivity index (χ1v) is 10.9. The molecule has 1 aromatic carbocycles. The van der Waals surface area contributed by atoms with Crippen molar-refractivity contribution in [1.82, 2.24) is 29.3 Å². The minimum Gasteiger partial charge on any atom is -0.465 e. The van der Waals surface area contributed by atoms with Gasteiger partial charge in [0.1, 0.15) is 5.52 Å². The molecule has 2 aliphatic rings. The molecule has 1 saturated carbocycles. The van der Waals surface area contributed by atoms with Gasteiger partial charge in [0.2, 0.25) is 0 Å². The highest BCUT2D eigenvalue weighted by Crippen LogP contribution is 2.51. The van der Waals surface area contributed by atoms with Crippen LogP contribution in [0.5, 0.6) is 0 Å². The van der Waals surface area contributed by atoms with Crippen molar-refractivity contribution in [3.05, 3.63) is 47.8 Å². The average molecular weight is 434 g/mol. The molecule has 2 fully saturated rings. The van der Waals surface area contributed by atoms with Crippen LogP contribution in [0.4, 0.5) is 9.18 Å². The number of nitrogens with zero attached hydrogens (tertiary/aromatic N) is 6. The first kappa shape index (κ1) is 19.2. The first-order chi connectivity index (χ1) is 15.3. The van der Waals surface area contributed by atoms with E-state index in [1.54, 1.807) is 9.42 Å². The van der Waals surface area contributed by atoms with Gasteiger partial charge in [-0.2, -0.15) is 10.2 Å². The molecular formula is C23H23FN6O2. The van der Waals surface area contributed by atoms with Gasteiger partial charge in [0.15, 0.2) is 5.82 Å². The van der Waals surface area contributed by atoms with Gasteiger partial charge in [0.05, 0.1) is 34.8 Å². The molecular weight excluding hydrogens is 411 g/mol. The summed E-state index contributed by atoms with van der Waals surface area (Å²) in [5, 5.41) is 19.4. The number of aromatic nitrogens is 5. The number of carboxylic acid groups (broad SMARTS) is 1. The van der Waals surface area contributed by atoms with Gasteiger partial charge in [-0.25, -0.2) is 13.7 Å². The van der Waals surface area contributed by atoms with Crippen LogP contribution >= 0.6 is 0 Å². The molecule has 1 saturated heterocycles. The van der Waals surface area contributed by atoms with Crippen molar-refractivity contribution in [2.45, 2.75) is 51.1 Å². The number of hydrogen-bond acceptors (Lipinski definition) is 4. The van der Waals surface area contributed by atoms with Crippen LogP contribution in [0.1, 0.15) is 43.1 Å². The van der Waals surface area contributed by atoms with E-state index >= 15 is 4.39 Å². The Morgan fingerprint density at radius 1 is 1.19 bits per heavy atom. The molecule has 6 rings (SSSR count). The summed E-state index contributed by atoms with van der Waals surface area (Å²) in [6, 6.07) is 5.38. The lowest BCUT2D eigenvalue weighted by Crippen LogP contribution is -2.47. The predicted molar refractivity (Wildman–Crippen MR) is 116 cm³/mol. The Kier molecular flexibility index (Phi) is 3.91. The highest BCUT2D eigenvalue weighted by molar-refractivity contribution is 5.85. The van der Waals surface area contributed by atoms with Crippen molar-refractivity contribution in [2.75, 3.05) is 6.54 Å². The molecule has 8 nitrogen and oxygen atoms in total. The van der Waals surface area contributed by atoms with Gasteiger partial charge in [-0.15, -0.1) is 0 Å². The molecule has 1 spiro atoms. The maximum Gasteiger partial charge on any atom is 0.407 e. The van der Waals surface area contributed by atoms with Gasteiger partial charge in [0, 0.05) is 29.2 Å². The van der Waals surface area contributed by atoms with Crippen LogP contribution in [0.3, 0.4) is 0 Å². The van der Waals surface area contributed by atoms with Crippen molar-refractivity contribution in [3.8, 4) is 11.3 Å². The number of piperidine rings is 1. The third kappa shape index (κ3) is 2.87. The molecule has 0 unspecified atom stereocenters. The predicted octanol–water partition coefficient (Wildman–Crippen LogP) is 4.35. The van der Waals surface area contributed by atoms with Crippen LogP contribution in [-0.2, 0) is 0 Å². The lowest BCUT2D eigenvalue weighted by atomic mass is 9.95. The van der Waals surface area contributed by atoms with Crippen molar-refractivity contribution in [2.24, 2.45) is 0 Å². The number of benzene rings is 1. The van der Waals surface area contributed by atoms with Gasteiger partial charge in [0.25, 0.3) is 0 Å². The number of carbonyl (C=O) groups is 1. The Balaban J connectivity index is 1.36. The third-order valence-corrected chi connectivity index (χ3v) is 6.94. The molecule has 4 aromatic rings. The van der Waals surface area contributed by atoms with Gasteiger partial charge in [-0.1, -0.05) is 0 Å². The second kappa shape index (κ2) is 6.51. The maximum absolute atomic E-state index is 15.0. The number of rotatable bonds is 2. The maximum atomic E-state index is 15.0. The highest BCUT2D eigenvalue weighted by atomic mass is 19.1. The normalized spacial score (nSPS) is 19.8. The van der Waals surface area contributed by atoms with E-state index in [0.29, 0.717) is 35.1 Å². The van der Waals surface area contributed by atoms with Crippen molar-refractivity contribution in [3.63, 3.8) is 0 Å². The van der Waals surface area contributed by atoms with E-state index in [4.69, 9.17) is 0 Å². The molecule has 1 atom stereocenters. The van der Waals surface area contributed by atoms with Crippen molar-refractivity contribution < 1.29 is 14.3 Å².